The smallest absolute Gasteiger partial charge is 0.270 e. The number of aromatic nitrogens is 2. The van der Waals surface area contributed by atoms with E-state index in [0.29, 0.717) is 17.6 Å². The standard InChI is InChI=1S/C15H26N4O/c1-6-11(4)17-14(20)13-9-12(5)18-15(19-13)16-8-7-10(2)3/h9-11H,6-8H2,1-5H3,(H,17,20)(H,16,18,19). The van der Waals surface area contributed by atoms with Crippen LogP contribution in [0, 0.1) is 12.8 Å². The zero-order valence-electron chi connectivity index (χ0n) is 13.2. The van der Waals surface area contributed by atoms with Crippen molar-refractivity contribution < 1.29 is 4.79 Å². The molecule has 1 rings (SSSR count). The van der Waals surface area contributed by atoms with Gasteiger partial charge in [0.05, 0.1) is 0 Å². The van der Waals surface area contributed by atoms with Gasteiger partial charge < -0.3 is 10.6 Å². The number of hydrogen-bond acceptors (Lipinski definition) is 4. The van der Waals surface area contributed by atoms with Gasteiger partial charge in [0.25, 0.3) is 5.91 Å². The van der Waals surface area contributed by atoms with Gasteiger partial charge in [-0.05, 0) is 38.7 Å². The quantitative estimate of drug-likeness (QED) is 0.805. The lowest BCUT2D eigenvalue weighted by molar-refractivity contribution is 0.0934. The van der Waals surface area contributed by atoms with Gasteiger partial charge in [-0.25, -0.2) is 9.97 Å². The summed E-state index contributed by atoms with van der Waals surface area (Å²) >= 11 is 0. The molecule has 0 saturated heterocycles. The van der Waals surface area contributed by atoms with E-state index in [4.69, 9.17) is 0 Å². The van der Waals surface area contributed by atoms with Crippen molar-refractivity contribution in [1.82, 2.24) is 15.3 Å². The summed E-state index contributed by atoms with van der Waals surface area (Å²) in [4.78, 5) is 20.7. The summed E-state index contributed by atoms with van der Waals surface area (Å²) in [7, 11) is 0. The van der Waals surface area contributed by atoms with Gasteiger partial charge >= 0.3 is 0 Å². The Hall–Kier alpha value is -1.65. The molecule has 0 radical (unpaired) electrons. The van der Waals surface area contributed by atoms with Crippen molar-refractivity contribution in [2.75, 3.05) is 11.9 Å². The molecule has 1 heterocycles. The Kier molecular flexibility index (Phi) is 6.42. The van der Waals surface area contributed by atoms with Crippen LogP contribution < -0.4 is 10.6 Å². The molecule has 0 saturated carbocycles. The molecule has 1 aromatic rings. The van der Waals surface area contributed by atoms with Crippen LogP contribution in [0.15, 0.2) is 6.07 Å². The Labute approximate surface area is 121 Å². The summed E-state index contributed by atoms with van der Waals surface area (Å²) in [5.41, 5.74) is 1.21. The summed E-state index contributed by atoms with van der Waals surface area (Å²) < 4.78 is 0. The van der Waals surface area contributed by atoms with Gasteiger partial charge in [-0.2, -0.15) is 0 Å². The molecule has 1 amide bonds. The minimum atomic E-state index is -0.142. The maximum absolute atomic E-state index is 12.1. The second-order valence-electron chi connectivity index (χ2n) is 5.61. The van der Waals surface area contributed by atoms with Crippen molar-refractivity contribution in [1.29, 1.82) is 0 Å². The zero-order valence-corrected chi connectivity index (χ0v) is 13.2. The fraction of sp³-hybridized carbons (Fsp3) is 0.667. The summed E-state index contributed by atoms with van der Waals surface area (Å²) in [6.45, 7) is 11.0. The summed E-state index contributed by atoms with van der Waals surface area (Å²) in [5, 5.41) is 6.09. The molecule has 0 aliphatic carbocycles. The highest BCUT2D eigenvalue weighted by Gasteiger charge is 2.12. The normalized spacial score (nSPS) is 12.3. The van der Waals surface area contributed by atoms with Gasteiger partial charge in [-0.3, -0.25) is 4.79 Å². The molecule has 112 valence electrons. The van der Waals surface area contributed by atoms with Gasteiger partial charge in [0.15, 0.2) is 0 Å². The molecule has 5 heteroatoms. The first-order valence-electron chi connectivity index (χ1n) is 7.32. The number of carbonyl (C=O) groups excluding carboxylic acids is 1. The molecule has 1 atom stereocenters. The van der Waals surface area contributed by atoms with Gasteiger partial charge in [-0.1, -0.05) is 20.8 Å². The third-order valence-corrected chi connectivity index (χ3v) is 3.08. The van der Waals surface area contributed by atoms with Crippen LogP contribution in [0.2, 0.25) is 0 Å². The number of anilines is 1. The Morgan fingerprint density at radius 2 is 2.00 bits per heavy atom. The molecule has 0 aromatic carbocycles. The minimum absolute atomic E-state index is 0.142. The summed E-state index contributed by atoms with van der Waals surface area (Å²) in [6, 6.07) is 1.86. The van der Waals surface area contributed by atoms with Crippen molar-refractivity contribution in [3.8, 4) is 0 Å². The van der Waals surface area contributed by atoms with Crippen LogP contribution >= 0.6 is 0 Å². The third kappa shape index (κ3) is 5.55. The highest BCUT2D eigenvalue weighted by Crippen LogP contribution is 2.07. The minimum Gasteiger partial charge on any atom is -0.354 e. The number of hydrogen-bond donors (Lipinski definition) is 2. The van der Waals surface area contributed by atoms with E-state index in [1.54, 1.807) is 6.07 Å². The van der Waals surface area contributed by atoms with E-state index in [2.05, 4.69) is 34.4 Å². The Morgan fingerprint density at radius 1 is 1.30 bits per heavy atom. The fourth-order valence-electron chi connectivity index (χ4n) is 1.64. The topological polar surface area (TPSA) is 66.9 Å². The van der Waals surface area contributed by atoms with E-state index in [0.717, 1.165) is 25.1 Å². The van der Waals surface area contributed by atoms with Gasteiger partial charge in [0.1, 0.15) is 5.69 Å². The van der Waals surface area contributed by atoms with Crippen LogP contribution in [0.25, 0.3) is 0 Å². The van der Waals surface area contributed by atoms with Gasteiger partial charge in [0, 0.05) is 18.3 Å². The third-order valence-electron chi connectivity index (χ3n) is 3.08. The van der Waals surface area contributed by atoms with Crippen LogP contribution in [0.4, 0.5) is 5.95 Å². The van der Waals surface area contributed by atoms with Crippen molar-refractivity contribution >= 4 is 11.9 Å². The monoisotopic (exact) mass is 278 g/mol. The van der Waals surface area contributed by atoms with Crippen molar-refractivity contribution in [2.24, 2.45) is 5.92 Å². The molecule has 2 N–H and O–H groups in total. The molecule has 20 heavy (non-hydrogen) atoms. The Bertz CT molecular complexity index is 445. The molecule has 1 unspecified atom stereocenters. The second kappa shape index (κ2) is 7.82. The van der Waals surface area contributed by atoms with Crippen LogP contribution in [0.5, 0.6) is 0 Å². The molecule has 0 fully saturated rings. The van der Waals surface area contributed by atoms with Crippen molar-refractivity contribution in [2.45, 2.75) is 53.5 Å². The molecular formula is C15H26N4O. The first kappa shape index (κ1) is 16.4. The van der Waals surface area contributed by atoms with Crippen molar-refractivity contribution in [3.63, 3.8) is 0 Å². The van der Waals surface area contributed by atoms with Crippen LogP contribution in [0.3, 0.4) is 0 Å². The molecule has 1 aromatic heterocycles. The number of nitrogens with one attached hydrogen (secondary N) is 2. The highest BCUT2D eigenvalue weighted by molar-refractivity contribution is 5.92. The lowest BCUT2D eigenvalue weighted by Gasteiger charge is -2.12. The van der Waals surface area contributed by atoms with E-state index < -0.39 is 0 Å². The molecule has 0 aliphatic rings. The molecular weight excluding hydrogens is 252 g/mol. The number of rotatable bonds is 7. The SMILES string of the molecule is CCC(C)NC(=O)c1cc(C)nc(NCCC(C)C)n1. The Morgan fingerprint density at radius 3 is 2.60 bits per heavy atom. The van der Waals surface area contributed by atoms with Crippen LogP contribution in [0.1, 0.15) is 56.7 Å². The highest BCUT2D eigenvalue weighted by atomic mass is 16.1. The number of amides is 1. The van der Waals surface area contributed by atoms with E-state index in [9.17, 15) is 4.79 Å². The average Bonchev–Trinajstić information content (AvgIpc) is 2.37. The summed E-state index contributed by atoms with van der Waals surface area (Å²) in [5.74, 6) is 1.01. The van der Waals surface area contributed by atoms with Crippen molar-refractivity contribution in [3.05, 3.63) is 17.5 Å². The molecule has 5 nitrogen and oxygen atoms in total. The van der Waals surface area contributed by atoms with Crippen LogP contribution in [-0.2, 0) is 0 Å². The zero-order chi connectivity index (χ0) is 15.1. The largest absolute Gasteiger partial charge is 0.354 e. The lowest BCUT2D eigenvalue weighted by Crippen LogP contribution is -2.32. The second-order valence-corrected chi connectivity index (χ2v) is 5.61. The fourth-order valence-corrected chi connectivity index (χ4v) is 1.64. The predicted octanol–water partition coefficient (Wildman–Crippen LogP) is 2.77. The number of aryl methyl sites for hydroxylation is 1. The summed E-state index contributed by atoms with van der Waals surface area (Å²) in [6.07, 6.45) is 1.95. The van der Waals surface area contributed by atoms with E-state index in [1.807, 2.05) is 20.8 Å². The maximum Gasteiger partial charge on any atom is 0.270 e. The Balaban J connectivity index is 2.72. The number of nitrogens with zero attached hydrogens (tertiary/aromatic N) is 2. The van der Waals surface area contributed by atoms with Gasteiger partial charge in [-0.15, -0.1) is 0 Å². The molecule has 0 bridgehead atoms. The maximum atomic E-state index is 12.1. The first-order chi connectivity index (χ1) is 9.42. The van der Waals surface area contributed by atoms with E-state index in [1.165, 1.54) is 0 Å². The first-order valence-corrected chi connectivity index (χ1v) is 7.32. The lowest BCUT2D eigenvalue weighted by atomic mass is 10.1. The molecule has 0 aliphatic heterocycles. The molecule has 0 spiro atoms. The van der Waals surface area contributed by atoms with Crippen LogP contribution in [-0.4, -0.2) is 28.5 Å². The average molecular weight is 278 g/mol. The van der Waals surface area contributed by atoms with E-state index >= 15 is 0 Å². The van der Waals surface area contributed by atoms with Gasteiger partial charge in [0.2, 0.25) is 5.95 Å². The van der Waals surface area contributed by atoms with E-state index in [-0.39, 0.29) is 11.9 Å². The number of carbonyl (C=O) groups is 1. The predicted molar refractivity (Wildman–Crippen MR) is 81.9 cm³/mol.